The van der Waals surface area contributed by atoms with E-state index >= 15 is 0 Å². The number of nitrogens with one attached hydrogen (secondary N) is 1. The molecule has 0 spiro atoms. The number of sulfonamides is 1. The molecule has 3 N–H and O–H groups in total. The van der Waals surface area contributed by atoms with Crippen LogP contribution in [0.5, 0.6) is 0 Å². The maximum absolute atomic E-state index is 12.2. The fraction of sp³-hybridized carbons (Fsp3) is 0.357. The average molecular weight is 308 g/mol. The number of para-hydroxylation sites is 1. The van der Waals surface area contributed by atoms with E-state index in [4.69, 9.17) is 5.73 Å². The van der Waals surface area contributed by atoms with Crippen molar-refractivity contribution in [2.24, 2.45) is 7.05 Å². The molecule has 0 saturated carbocycles. The number of nitrogens with zero attached hydrogens (tertiary/aromatic N) is 2. The van der Waals surface area contributed by atoms with E-state index in [1.165, 1.54) is 0 Å². The van der Waals surface area contributed by atoms with E-state index in [0.717, 1.165) is 17.0 Å². The number of hydrogen-bond donors (Lipinski definition) is 2. The van der Waals surface area contributed by atoms with Crippen LogP contribution in [0.4, 0.5) is 5.69 Å². The number of aromatic nitrogens is 2. The molecule has 2 rings (SSSR count). The van der Waals surface area contributed by atoms with Gasteiger partial charge in [0.25, 0.3) is 0 Å². The zero-order valence-electron chi connectivity index (χ0n) is 12.4. The van der Waals surface area contributed by atoms with Gasteiger partial charge in [0.15, 0.2) is 0 Å². The third kappa shape index (κ3) is 3.62. The Bertz CT molecular complexity index is 750. The van der Waals surface area contributed by atoms with Crippen molar-refractivity contribution in [2.75, 3.05) is 5.73 Å². The molecular formula is C14H20N4O2S. The van der Waals surface area contributed by atoms with Gasteiger partial charge in [-0.1, -0.05) is 18.2 Å². The normalized spacial score (nSPS) is 11.8. The lowest BCUT2D eigenvalue weighted by molar-refractivity contribution is 0.580. The average Bonchev–Trinajstić information content (AvgIpc) is 2.64. The van der Waals surface area contributed by atoms with E-state index in [9.17, 15) is 8.42 Å². The van der Waals surface area contributed by atoms with E-state index in [1.54, 1.807) is 28.9 Å². The molecule has 1 aromatic carbocycles. The van der Waals surface area contributed by atoms with Gasteiger partial charge in [-0.25, -0.2) is 13.1 Å². The van der Waals surface area contributed by atoms with Crippen molar-refractivity contribution in [3.8, 4) is 0 Å². The predicted octanol–water partition coefficient (Wildman–Crippen LogP) is 1.24. The first-order valence-electron chi connectivity index (χ1n) is 6.60. The fourth-order valence-corrected chi connectivity index (χ4v) is 3.32. The quantitative estimate of drug-likeness (QED) is 0.813. The minimum atomic E-state index is -3.45. The Kier molecular flexibility index (Phi) is 4.34. The third-order valence-corrected chi connectivity index (χ3v) is 4.80. The summed E-state index contributed by atoms with van der Waals surface area (Å²) in [5, 5.41) is 4.27. The number of rotatable bonds is 5. The van der Waals surface area contributed by atoms with E-state index in [-0.39, 0.29) is 12.3 Å². The number of benzene rings is 1. The van der Waals surface area contributed by atoms with Crippen LogP contribution in [-0.2, 0) is 29.4 Å². The van der Waals surface area contributed by atoms with E-state index in [1.807, 2.05) is 20.9 Å². The van der Waals surface area contributed by atoms with Gasteiger partial charge in [-0.15, -0.1) is 0 Å². The second kappa shape index (κ2) is 5.87. The van der Waals surface area contributed by atoms with Gasteiger partial charge in [-0.2, -0.15) is 5.10 Å². The van der Waals surface area contributed by atoms with Crippen LogP contribution >= 0.6 is 0 Å². The fourth-order valence-electron chi connectivity index (χ4n) is 2.18. The Morgan fingerprint density at radius 1 is 1.29 bits per heavy atom. The topological polar surface area (TPSA) is 90.0 Å². The van der Waals surface area contributed by atoms with Crippen LogP contribution in [-0.4, -0.2) is 18.2 Å². The molecule has 1 aromatic heterocycles. The molecule has 0 amide bonds. The maximum atomic E-state index is 12.2. The Labute approximate surface area is 125 Å². The summed E-state index contributed by atoms with van der Waals surface area (Å²) >= 11 is 0. The summed E-state index contributed by atoms with van der Waals surface area (Å²) in [5.41, 5.74) is 9.55. The highest BCUT2D eigenvalue weighted by Gasteiger charge is 2.16. The van der Waals surface area contributed by atoms with E-state index in [2.05, 4.69) is 9.82 Å². The van der Waals surface area contributed by atoms with Crippen molar-refractivity contribution in [1.29, 1.82) is 0 Å². The van der Waals surface area contributed by atoms with Crippen molar-refractivity contribution in [3.05, 3.63) is 46.8 Å². The molecule has 0 aliphatic rings. The van der Waals surface area contributed by atoms with Gasteiger partial charge in [-0.3, -0.25) is 4.68 Å². The smallest absolute Gasteiger partial charge is 0.216 e. The predicted molar refractivity (Wildman–Crippen MR) is 83.0 cm³/mol. The molecule has 0 bridgehead atoms. The molecule has 0 unspecified atom stereocenters. The van der Waals surface area contributed by atoms with E-state index < -0.39 is 10.0 Å². The van der Waals surface area contributed by atoms with Gasteiger partial charge in [0.1, 0.15) is 0 Å². The minimum Gasteiger partial charge on any atom is -0.398 e. The lowest BCUT2D eigenvalue weighted by Crippen LogP contribution is -2.25. The first kappa shape index (κ1) is 15.5. The Balaban J connectivity index is 2.10. The number of aryl methyl sites for hydroxylation is 2. The van der Waals surface area contributed by atoms with Gasteiger partial charge >= 0.3 is 0 Å². The number of anilines is 1. The van der Waals surface area contributed by atoms with Gasteiger partial charge in [0.05, 0.1) is 11.4 Å². The van der Waals surface area contributed by atoms with Crippen LogP contribution < -0.4 is 10.5 Å². The number of nitrogen functional groups attached to an aromatic ring is 1. The molecule has 0 aliphatic heterocycles. The Hall–Kier alpha value is -1.86. The summed E-state index contributed by atoms with van der Waals surface area (Å²) in [7, 11) is -1.61. The highest BCUT2D eigenvalue weighted by Crippen LogP contribution is 2.15. The summed E-state index contributed by atoms with van der Waals surface area (Å²) in [4.78, 5) is 0. The van der Waals surface area contributed by atoms with Gasteiger partial charge in [0, 0.05) is 30.5 Å². The first-order chi connectivity index (χ1) is 9.80. The molecular weight excluding hydrogens is 288 g/mol. The first-order valence-corrected chi connectivity index (χ1v) is 8.25. The van der Waals surface area contributed by atoms with Crippen LogP contribution in [0.2, 0.25) is 0 Å². The third-order valence-electron chi connectivity index (χ3n) is 3.53. The molecule has 7 heteroatoms. The molecule has 2 aromatic rings. The zero-order chi connectivity index (χ0) is 15.6. The van der Waals surface area contributed by atoms with Crippen LogP contribution in [0.1, 0.15) is 22.5 Å². The van der Waals surface area contributed by atoms with Crippen molar-refractivity contribution >= 4 is 15.7 Å². The highest BCUT2D eigenvalue weighted by atomic mass is 32.2. The molecule has 0 radical (unpaired) electrons. The second-order valence-electron chi connectivity index (χ2n) is 5.05. The molecule has 21 heavy (non-hydrogen) atoms. The largest absolute Gasteiger partial charge is 0.398 e. The molecule has 0 saturated heterocycles. The van der Waals surface area contributed by atoms with Crippen molar-refractivity contribution < 1.29 is 8.42 Å². The second-order valence-corrected chi connectivity index (χ2v) is 6.86. The zero-order valence-corrected chi connectivity index (χ0v) is 13.2. The monoisotopic (exact) mass is 308 g/mol. The molecule has 114 valence electrons. The SMILES string of the molecule is Cc1nn(C)c(C)c1CNS(=O)(=O)Cc1ccccc1N. The van der Waals surface area contributed by atoms with Crippen LogP contribution in [0.25, 0.3) is 0 Å². The standard InChI is InChI=1S/C14H20N4O2S/c1-10-13(11(2)18(3)17-10)8-16-21(19,20)9-12-6-4-5-7-14(12)15/h4-7,16H,8-9,15H2,1-3H3. The van der Waals surface area contributed by atoms with Crippen LogP contribution in [0, 0.1) is 13.8 Å². The number of nitrogens with two attached hydrogens (primary N) is 1. The lowest BCUT2D eigenvalue weighted by Gasteiger charge is -2.09. The van der Waals surface area contributed by atoms with Crippen LogP contribution in [0.3, 0.4) is 0 Å². The van der Waals surface area contributed by atoms with Crippen molar-refractivity contribution in [2.45, 2.75) is 26.1 Å². The summed E-state index contributed by atoms with van der Waals surface area (Å²) < 4.78 is 28.7. The van der Waals surface area contributed by atoms with Crippen LogP contribution in [0.15, 0.2) is 24.3 Å². The van der Waals surface area contributed by atoms with E-state index in [0.29, 0.717) is 11.3 Å². The Morgan fingerprint density at radius 3 is 2.52 bits per heavy atom. The summed E-state index contributed by atoms with van der Waals surface area (Å²) in [6.07, 6.45) is 0. The van der Waals surface area contributed by atoms with Crippen molar-refractivity contribution in [1.82, 2.24) is 14.5 Å². The van der Waals surface area contributed by atoms with Crippen molar-refractivity contribution in [3.63, 3.8) is 0 Å². The Morgan fingerprint density at radius 2 is 1.95 bits per heavy atom. The lowest BCUT2D eigenvalue weighted by atomic mass is 10.2. The molecule has 0 aliphatic carbocycles. The minimum absolute atomic E-state index is 0.127. The molecule has 6 nitrogen and oxygen atoms in total. The molecule has 0 atom stereocenters. The molecule has 0 fully saturated rings. The summed E-state index contributed by atoms with van der Waals surface area (Å²) in [5.74, 6) is -0.127. The summed E-state index contributed by atoms with van der Waals surface area (Å²) in [6, 6.07) is 6.97. The van der Waals surface area contributed by atoms with Gasteiger partial charge in [0.2, 0.25) is 10.0 Å². The van der Waals surface area contributed by atoms with Gasteiger partial charge in [-0.05, 0) is 25.5 Å². The molecule has 1 heterocycles. The maximum Gasteiger partial charge on any atom is 0.216 e. The van der Waals surface area contributed by atoms with Gasteiger partial charge < -0.3 is 5.73 Å². The summed E-state index contributed by atoms with van der Waals surface area (Å²) in [6.45, 7) is 4.02. The number of hydrogen-bond acceptors (Lipinski definition) is 4. The highest BCUT2D eigenvalue weighted by molar-refractivity contribution is 7.88.